The van der Waals surface area contributed by atoms with Gasteiger partial charge in [0.05, 0.1) is 5.02 Å². The summed E-state index contributed by atoms with van der Waals surface area (Å²) in [6, 6.07) is 1.44. The molecule has 0 saturated heterocycles. The van der Waals surface area contributed by atoms with Crippen molar-refractivity contribution in [2.45, 2.75) is 30.2 Å². The van der Waals surface area contributed by atoms with Gasteiger partial charge in [-0.2, -0.15) is 4.31 Å². The fourth-order valence-corrected chi connectivity index (χ4v) is 3.30. The van der Waals surface area contributed by atoms with Crippen molar-refractivity contribution in [3.05, 3.63) is 17.3 Å². The Morgan fingerprint density at radius 1 is 1.53 bits per heavy atom. The van der Waals surface area contributed by atoms with Crippen LogP contribution in [0.15, 0.2) is 17.2 Å². The summed E-state index contributed by atoms with van der Waals surface area (Å²) in [6.07, 6.45) is 4.13. The molecule has 2 N–H and O–H groups in total. The average Bonchev–Trinajstić information content (AvgIpc) is 2.19. The van der Waals surface area contributed by atoms with Crippen LogP contribution in [0.1, 0.15) is 19.3 Å². The third-order valence-corrected chi connectivity index (χ3v) is 5.29. The molecular weight excluding hydrogens is 262 g/mol. The normalized spacial score (nSPS) is 17.1. The second-order valence-electron chi connectivity index (χ2n) is 4.14. The predicted molar refractivity (Wildman–Crippen MR) is 66.2 cm³/mol. The summed E-state index contributed by atoms with van der Waals surface area (Å²) >= 11 is 5.78. The number of aromatic nitrogens is 1. The van der Waals surface area contributed by atoms with Gasteiger partial charge >= 0.3 is 0 Å². The summed E-state index contributed by atoms with van der Waals surface area (Å²) in [7, 11) is -1.92. The van der Waals surface area contributed by atoms with Gasteiger partial charge < -0.3 is 5.73 Å². The van der Waals surface area contributed by atoms with Gasteiger partial charge in [-0.15, -0.1) is 0 Å². The van der Waals surface area contributed by atoms with E-state index in [1.807, 2.05) is 0 Å². The van der Waals surface area contributed by atoms with Crippen molar-refractivity contribution < 1.29 is 8.42 Å². The molecule has 1 aliphatic carbocycles. The zero-order valence-electron chi connectivity index (χ0n) is 9.43. The Balaban J connectivity index is 2.33. The molecule has 0 amide bonds. The van der Waals surface area contributed by atoms with E-state index in [0.717, 1.165) is 19.3 Å². The van der Waals surface area contributed by atoms with Gasteiger partial charge in [-0.3, -0.25) is 0 Å². The van der Waals surface area contributed by atoms with E-state index >= 15 is 0 Å². The molecule has 0 radical (unpaired) electrons. The van der Waals surface area contributed by atoms with Gasteiger partial charge in [0.1, 0.15) is 10.7 Å². The van der Waals surface area contributed by atoms with Gasteiger partial charge in [0.15, 0.2) is 0 Å². The molecule has 94 valence electrons. The van der Waals surface area contributed by atoms with E-state index in [1.165, 1.54) is 16.6 Å². The van der Waals surface area contributed by atoms with E-state index in [9.17, 15) is 8.42 Å². The first-order valence-corrected chi connectivity index (χ1v) is 7.14. The van der Waals surface area contributed by atoms with Crippen molar-refractivity contribution in [1.82, 2.24) is 9.29 Å². The molecule has 0 bridgehead atoms. The van der Waals surface area contributed by atoms with Crippen LogP contribution in [-0.2, 0) is 10.0 Å². The molecule has 0 unspecified atom stereocenters. The largest absolute Gasteiger partial charge is 0.382 e. The van der Waals surface area contributed by atoms with Crippen LogP contribution >= 0.6 is 11.6 Å². The fraction of sp³-hybridized carbons (Fsp3) is 0.500. The second-order valence-corrected chi connectivity index (χ2v) is 6.55. The maximum absolute atomic E-state index is 12.2. The van der Waals surface area contributed by atoms with E-state index < -0.39 is 10.0 Å². The highest BCUT2D eigenvalue weighted by Gasteiger charge is 2.32. The van der Waals surface area contributed by atoms with E-state index in [4.69, 9.17) is 17.3 Å². The highest BCUT2D eigenvalue weighted by atomic mass is 35.5. The molecule has 17 heavy (non-hydrogen) atoms. The first-order chi connectivity index (χ1) is 7.93. The molecule has 1 aromatic rings. The average molecular weight is 276 g/mol. The lowest BCUT2D eigenvalue weighted by Gasteiger charge is -2.33. The first-order valence-electron chi connectivity index (χ1n) is 5.32. The Morgan fingerprint density at radius 2 is 2.18 bits per heavy atom. The molecule has 1 aromatic heterocycles. The number of rotatable bonds is 3. The van der Waals surface area contributed by atoms with E-state index in [-0.39, 0.29) is 21.8 Å². The van der Waals surface area contributed by atoms with Crippen LogP contribution < -0.4 is 5.73 Å². The Labute approximate surface area is 106 Å². The van der Waals surface area contributed by atoms with Crippen molar-refractivity contribution >= 4 is 27.4 Å². The Bertz CT molecular complexity index is 528. The zero-order valence-corrected chi connectivity index (χ0v) is 11.0. The lowest BCUT2D eigenvalue weighted by molar-refractivity contribution is 0.249. The Kier molecular flexibility index (Phi) is 3.29. The molecule has 0 spiro atoms. The Hall–Kier alpha value is -0.850. The van der Waals surface area contributed by atoms with E-state index in [0.29, 0.717) is 0 Å². The lowest BCUT2D eigenvalue weighted by Crippen LogP contribution is -2.41. The van der Waals surface area contributed by atoms with Gasteiger partial charge in [-0.1, -0.05) is 18.0 Å². The van der Waals surface area contributed by atoms with E-state index in [2.05, 4.69) is 4.98 Å². The van der Waals surface area contributed by atoms with Crippen LogP contribution in [0.25, 0.3) is 0 Å². The molecule has 2 rings (SSSR count). The summed E-state index contributed by atoms with van der Waals surface area (Å²) in [4.78, 5) is 3.86. The van der Waals surface area contributed by atoms with Gasteiger partial charge in [0.25, 0.3) is 0 Å². The monoisotopic (exact) mass is 275 g/mol. The van der Waals surface area contributed by atoms with Crippen LogP contribution in [0.5, 0.6) is 0 Å². The molecule has 1 heterocycles. The standard InChI is InChI=1S/C10H14ClN3O2S/c1-14(7-3-2-4-7)17(15,16)8-5-9(11)10(12)13-6-8/h5-7H,2-4H2,1H3,(H2,12,13). The summed E-state index contributed by atoms with van der Waals surface area (Å²) < 4.78 is 25.8. The third kappa shape index (κ3) is 2.25. The van der Waals surface area contributed by atoms with Gasteiger partial charge in [0.2, 0.25) is 10.0 Å². The smallest absolute Gasteiger partial charge is 0.244 e. The topological polar surface area (TPSA) is 76.3 Å². The number of hydrogen-bond acceptors (Lipinski definition) is 4. The van der Waals surface area contributed by atoms with Crippen molar-refractivity contribution in [2.75, 3.05) is 12.8 Å². The quantitative estimate of drug-likeness (QED) is 0.907. The molecule has 0 aliphatic heterocycles. The number of nitrogen functional groups attached to an aromatic ring is 1. The van der Waals surface area contributed by atoms with E-state index in [1.54, 1.807) is 7.05 Å². The van der Waals surface area contributed by atoms with Gasteiger partial charge in [-0.05, 0) is 18.9 Å². The summed E-state index contributed by atoms with van der Waals surface area (Å²) in [5.74, 6) is 0.136. The minimum absolute atomic E-state index is 0.0890. The van der Waals surface area contributed by atoms with Crippen molar-refractivity contribution in [3.63, 3.8) is 0 Å². The van der Waals surface area contributed by atoms with Crippen molar-refractivity contribution in [1.29, 1.82) is 0 Å². The number of nitrogens with zero attached hydrogens (tertiary/aromatic N) is 2. The fourth-order valence-electron chi connectivity index (χ4n) is 1.68. The number of anilines is 1. The highest BCUT2D eigenvalue weighted by molar-refractivity contribution is 7.89. The zero-order chi connectivity index (χ0) is 12.6. The van der Waals surface area contributed by atoms with Crippen LogP contribution in [0.4, 0.5) is 5.82 Å². The van der Waals surface area contributed by atoms with Crippen LogP contribution in [0.2, 0.25) is 5.02 Å². The SMILES string of the molecule is CN(C1CCC1)S(=O)(=O)c1cnc(N)c(Cl)c1. The van der Waals surface area contributed by atoms with Crippen molar-refractivity contribution in [3.8, 4) is 0 Å². The van der Waals surface area contributed by atoms with Crippen molar-refractivity contribution in [2.24, 2.45) is 0 Å². The summed E-state index contributed by atoms with van der Waals surface area (Å²) in [5.41, 5.74) is 5.45. The maximum Gasteiger partial charge on any atom is 0.244 e. The molecule has 0 atom stereocenters. The molecular formula is C10H14ClN3O2S. The highest BCUT2D eigenvalue weighted by Crippen LogP contribution is 2.29. The summed E-state index contributed by atoms with van der Waals surface area (Å²) in [5, 5.41) is 0.160. The molecule has 1 saturated carbocycles. The molecule has 5 nitrogen and oxygen atoms in total. The predicted octanol–water partition coefficient (Wildman–Crippen LogP) is 1.49. The second kappa shape index (κ2) is 4.44. The minimum atomic E-state index is -3.51. The van der Waals surface area contributed by atoms with Gasteiger partial charge in [0, 0.05) is 19.3 Å². The number of halogens is 1. The number of nitrogens with two attached hydrogens (primary N) is 1. The number of pyridine rings is 1. The number of sulfonamides is 1. The summed E-state index contributed by atoms with van der Waals surface area (Å²) in [6.45, 7) is 0. The van der Waals surface area contributed by atoms with Crippen LogP contribution in [0.3, 0.4) is 0 Å². The molecule has 1 fully saturated rings. The molecule has 7 heteroatoms. The van der Waals surface area contributed by atoms with Gasteiger partial charge in [-0.25, -0.2) is 13.4 Å². The third-order valence-electron chi connectivity index (χ3n) is 3.11. The molecule has 0 aromatic carbocycles. The maximum atomic E-state index is 12.2. The first kappa shape index (κ1) is 12.6. The molecule has 1 aliphatic rings. The van der Waals surface area contributed by atoms with Crippen LogP contribution in [0, 0.1) is 0 Å². The lowest BCUT2D eigenvalue weighted by atomic mass is 9.94. The Morgan fingerprint density at radius 3 is 2.65 bits per heavy atom. The minimum Gasteiger partial charge on any atom is -0.382 e. The van der Waals surface area contributed by atoms with Crippen LogP contribution in [-0.4, -0.2) is 30.8 Å². The number of hydrogen-bond donors (Lipinski definition) is 1.